The van der Waals surface area contributed by atoms with Crippen LogP contribution in [0.4, 0.5) is 0 Å². The van der Waals surface area contributed by atoms with Gasteiger partial charge in [0.15, 0.2) is 5.76 Å². The Hall–Kier alpha value is -2.56. The molecule has 1 N–H and O–H groups in total. The average molecular weight is 298 g/mol. The molecule has 0 unspecified atom stereocenters. The summed E-state index contributed by atoms with van der Waals surface area (Å²) >= 11 is 0. The Morgan fingerprint density at radius 2 is 1.77 bits per heavy atom. The van der Waals surface area contributed by atoms with E-state index in [0.717, 1.165) is 12.8 Å². The largest absolute Gasteiger partial charge is 0.459 e. The molecule has 0 atom stereocenters. The number of nitrogens with zero attached hydrogens (tertiary/aromatic N) is 1. The lowest BCUT2D eigenvalue weighted by atomic mass is 10.0. The summed E-state index contributed by atoms with van der Waals surface area (Å²) in [5.74, 6) is 0.178. The van der Waals surface area contributed by atoms with Crippen molar-refractivity contribution in [3.8, 4) is 0 Å². The zero-order chi connectivity index (χ0) is 15.4. The normalized spacial score (nSPS) is 15.5. The molecule has 2 amide bonds. The van der Waals surface area contributed by atoms with Gasteiger partial charge in [0.25, 0.3) is 11.8 Å². The molecule has 1 aliphatic rings. The number of carbonyl (C=O) groups is 2. The van der Waals surface area contributed by atoms with Crippen LogP contribution >= 0.6 is 0 Å². The van der Waals surface area contributed by atoms with Crippen LogP contribution in [-0.4, -0.2) is 35.8 Å². The minimum Gasteiger partial charge on any atom is -0.459 e. The molecule has 2 aromatic rings. The molecule has 114 valence electrons. The van der Waals surface area contributed by atoms with Crippen molar-refractivity contribution in [1.82, 2.24) is 10.2 Å². The van der Waals surface area contributed by atoms with Gasteiger partial charge < -0.3 is 14.6 Å². The van der Waals surface area contributed by atoms with Crippen LogP contribution in [0.3, 0.4) is 0 Å². The van der Waals surface area contributed by atoms with Crippen LogP contribution in [0.25, 0.3) is 0 Å². The highest BCUT2D eigenvalue weighted by Gasteiger charge is 2.25. The van der Waals surface area contributed by atoms with Gasteiger partial charge in [-0.2, -0.15) is 0 Å². The van der Waals surface area contributed by atoms with Gasteiger partial charge >= 0.3 is 0 Å². The first kappa shape index (κ1) is 14.4. The molecule has 3 rings (SSSR count). The van der Waals surface area contributed by atoms with Crippen LogP contribution in [0.1, 0.15) is 33.8 Å². The molecular weight excluding hydrogens is 280 g/mol. The minimum atomic E-state index is -0.196. The maximum absolute atomic E-state index is 12.3. The number of hydrogen-bond donors (Lipinski definition) is 1. The highest BCUT2D eigenvalue weighted by atomic mass is 16.3. The fourth-order valence-electron chi connectivity index (χ4n) is 2.65. The van der Waals surface area contributed by atoms with Crippen molar-refractivity contribution < 1.29 is 14.0 Å². The van der Waals surface area contributed by atoms with E-state index in [4.69, 9.17) is 4.42 Å². The smallest absolute Gasteiger partial charge is 0.287 e. The second kappa shape index (κ2) is 6.47. The van der Waals surface area contributed by atoms with E-state index in [1.807, 2.05) is 35.2 Å². The first-order valence-electron chi connectivity index (χ1n) is 7.43. The first-order valence-corrected chi connectivity index (χ1v) is 7.43. The van der Waals surface area contributed by atoms with Gasteiger partial charge in [-0.3, -0.25) is 9.59 Å². The Morgan fingerprint density at radius 3 is 2.41 bits per heavy atom. The molecule has 1 aromatic heterocycles. The highest BCUT2D eigenvalue weighted by molar-refractivity contribution is 5.94. The molecule has 1 aromatic carbocycles. The third kappa shape index (κ3) is 3.19. The lowest BCUT2D eigenvalue weighted by Crippen LogP contribution is -2.46. The van der Waals surface area contributed by atoms with Crippen molar-refractivity contribution in [3.63, 3.8) is 0 Å². The van der Waals surface area contributed by atoms with Crippen molar-refractivity contribution in [2.45, 2.75) is 18.9 Å². The summed E-state index contributed by atoms with van der Waals surface area (Å²) in [6, 6.07) is 12.7. The number of piperidine rings is 1. The van der Waals surface area contributed by atoms with E-state index in [9.17, 15) is 9.59 Å². The summed E-state index contributed by atoms with van der Waals surface area (Å²) in [6.45, 7) is 1.30. The van der Waals surface area contributed by atoms with Crippen LogP contribution in [0.5, 0.6) is 0 Å². The van der Waals surface area contributed by atoms with Crippen molar-refractivity contribution in [3.05, 3.63) is 60.1 Å². The third-order valence-electron chi connectivity index (χ3n) is 3.88. The van der Waals surface area contributed by atoms with Crippen LogP contribution in [-0.2, 0) is 0 Å². The topological polar surface area (TPSA) is 62.6 Å². The van der Waals surface area contributed by atoms with Crippen molar-refractivity contribution >= 4 is 11.8 Å². The number of hydrogen-bond acceptors (Lipinski definition) is 3. The fraction of sp³-hybridized carbons (Fsp3) is 0.294. The van der Waals surface area contributed by atoms with E-state index >= 15 is 0 Å². The number of carbonyl (C=O) groups excluding carboxylic acids is 2. The molecular formula is C17H18N2O3. The van der Waals surface area contributed by atoms with E-state index in [1.54, 1.807) is 12.1 Å². The molecule has 0 spiro atoms. The predicted octanol–water partition coefficient (Wildman–Crippen LogP) is 2.31. The van der Waals surface area contributed by atoms with Crippen LogP contribution in [0.2, 0.25) is 0 Å². The van der Waals surface area contributed by atoms with Gasteiger partial charge in [0, 0.05) is 24.7 Å². The summed E-state index contributed by atoms with van der Waals surface area (Å²) in [6.07, 6.45) is 2.99. The van der Waals surface area contributed by atoms with Crippen LogP contribution < -0.4 is 5.32 Å². The zero-order valence-electron chi connectivity index (χ0n) is 12.2. The molecule has 0 saturated carbocycles. The van der Waals surface area contributed by atoms with Crippen LogP contribution in [0.15, 0.2) is 53.1 Å². The summed E-state index contributed by atoms with van der Waals surface area (Å²) in [4.78, 5) is 26.1. The van der Waals surface area contributed by atoms with Gasteiger partial charge in [-0.15, -0.1) is 0 Å². The van der Waals surface area contributed by atoms with Crippen LogP contribution in [0, 0.1) is 0 Å². The number of likely N-dealkylation sites (tertiary alicyclic amines) is 1. The van der Waals surface area contributed by atoms with Gasteiger partial charge in [-0.1, -0.05) is 18.2 Å². The van der Waals surface area contributed by atoms with Gasteiger partial charge in [-0.05, 0) is 37.1 Å². The fourth-order valence-corrected chi connectivity index (χ4v) is 2.65. The molecule has 0 radical (unpaired) electrons. The highest BCUT2D eigenvalue weighted by Crippen LogP contribution is 2.14. The van der Waals surface area contributed by atoms with E-state index in [1.165, 1.54) is 6.26 Å². The quantitative estimate of drug-likeness (QED) is 0.946. The van der Waals surface area contributed by atoms with Crippen molar-refractivity contribution in [2.24, 2.45) is 0 Å². The van der Waals surface area contributed by atoms with Gasteiger partial charge in [-0.25, -0.2) is 0 Å². The number of nitrogens with one attached hydrogen (secondary N) is 1. The van der Waals surface area contributed by atoms with E-state index in [2.05, 4.69) is 5.32 Å². The first-order chi connectivity index (χ1) is 10.7. The molecule has 1 aliphatic heterocycles. The molecule has 0 bridgehead atoms. The van der Waals surface area contributed by atoms with Gasteiger partial charge in [0.1, 0.15) is 0 Å². The maximum atomic E-state index is 12.3. The zero-order valence-corrected chi connectivity index (χ0v) is 12.2. The summed E-state index contributed by atoms with van der Waals surface area (Å²) in [5.41, 5.74) is 0.709. The Labute approximate surface area is 128 Å². The minimum absolute atomic E-state index is 0.0522. The standard InChI is InChI=1S/C17H18N2O3/c20-16(15-7-4-12-22-15)18-14-8-10-19(11-9-14)17(21)13-5-2-1-3-6-13/h1-7,12,14H,8-11H2,(H,18,20). The molecule has 2 heterocycles. The maximum Gasteiger partial charge on any atom is 0.287 e. The molecule has 1 fully saturated rings. The van der Waals surface area contributed by atoms with E-state index in [0.29, 0.717) is 24.4 Å². The Balaban J connectivity index is 1.52. The molecule has 0 aliphatic carbocycles. The number of benzene rings is 1. The second-order valence-corrected chi connectivity index (χ2v) is 5.38. The lowest BCUT2D eigenvalue weighted by Gasteiger charge is -2.32. The SMILES string of the molecule is O=C(NC1CCN(C(=O)c2ccccc2)CC1)c1ccco1. The monoisotopic (exact) mass is 298 g/mol. The molecule has 1 saturated heterocycles. The van der Waals surface area contributed by atoms with Crippen molar-refractivity contribution in [2.75, 3.05) is 13.1 Å². The van der Waals surface area contributed by atoms with Crippen molar-refractivity contribution in [1.29, 1.82) is 0 Å². The molecule has 5 nitrogen and oxygen atoms in total. The number of amides is 2. The van der Waals surface area contributed by atoms with E-state index < -0.39 is 0 Å². The average Bonchev–Trinajstić information content (AvgIpc) is 3.10. The summed E-state index contributed by atoms with van der Waals surface area (Å²) < 4.78 is 5.08. The number of rotatable bonds is 3. The lowest BCUT2D eigenvalue weighted by molar-refractivity contribution is 0.0695. The molecule has 22 heavy (non-hydrogen) atoms. The Kier molecular flexibility index (Phi) is 4.23. The van der Waals surface area contributed by atoms with Gasteiger partial charge in [0.2, 0.25) is 0 Å². The van der Waals surface area contributed by atoms with Gasteiger partial charge in [0.05, 0.1) is 6.26 Å². The third-order valence-corrected chi connectivity index (χ3v) is 3.88. The predicted molar refractivity (Wildman–Crippen MR) is 81.5 cm³/mol. The van der Waals surface area contributed by atoms with E-state index in [-0.39, 0.29) is 17.9 Å². The second-order valence-electron chi connectivity index (χ2n) is 5.38. The summed E-state index contributed by atoms with van der Waals surface area (Å²) in [7, 11) is 0. The summed E-state index contributed by atoms with van der Waals surface area (Å²) in [5, 5.41) is 2.95. The Bertz CT molecular complexity index is 629. The molecule has 5 heteroatoms. The number of furan rings is 1. The Morgan fingerprint density at radius 1 is 1.05 bits per heavy atom.